The van der Waals surface area contributed by atoms with Gasteiger partial charge < -0.3 is 9.67 Å². The molecule has 0 aliphatic heterocycles. The van der Waals surface area contributed by atoms with Crippen molar-refractivity contribution in [2.75, 3.05) is 6.61 Å². The Balaban J connectivity index is 2.13. The van der Waals surface area contributed by atoms with E-state index >= 15 is 0 Å². The van der Waals surface area contributed by atoms with E-state index in [-0.39, 0.29) is 0 Å². The molecule has 0 fully saturated rings. The van der Waals surface area contributed by atoms with Crippen LogP contribution in [0.5, 0.6) is 0 Å². The molecule has 1 heterocycles. The molecule has 0 saturated carbocycles. The van der Waals surface area contributed by atoms with Gasteiger partial charge >= 0.3 is 0 Å². The lowest BCUT2D eigenvalue weighted by Crippen LogP contribution is -2.14. The highest BCUT2D eigenvalue weighted by atomic mass is 16.3. The van der Waals surface area contributed by atoms with Gasteiger partial charge in [0, 0.05) is 25.5 Å². The van der Waals surface area contributed by atoms with Crippen LogP contribution in [0.1, 0.15) is 59.3 Å². The zero-order valence-electron chi connectivity index (χ0n) is 12.8. The van der Waals surface area contributed by atoms with Gasteiger partial charge in [0.05, 0.1) is 6.33 Å². The average molecular weight is 266 g/mol. The average Bonchev–Trinajstić information content (AvgIpc) is 2.79. The second-order valence-electron chi connectivity index (χ2n) is 6.79. The summed E-state index contributed by atoms with van der Waals surface area (Å²) in [5, 5.41) is 9.15. The molecule has 1 aromatic rings. The van der Waals surface area contributed by atoms with E-state index in [0.29, 0.717) is 17.9 Å². The maximum atomic E-state index is 9.15. The van der Waals surface area contributed by atoms with Crippen molar-refractivity contribution >= 4 is 0 Å². The quantitative estimate of drug-likeness (QED) is 0.689. The summed E-state index contributed by atoms with van der Waals surface area (Å²) in [6.07, 6.45) is 12.9. The molecule has 0 radical (unpaired) electrons. The summed E-state index contributed by atoms with van der Waals surface area (Å²) in [6.45, 7) is 8.27. The largest absolute Gasteiger partial charge is 0.396 e. The molecule has 0 aromatic carbocycles. The Morgan fingerprint density at radius 3 is 2.53 bits per heavy atom. The third-order valence-electron chi connectivity index (χ3n) is 3.53. The van der Waals surface area contributed by atoms with Crippen molar-refractivity contribution in [1.82, 2.24) is 9.55 Å². The van der Waals surface area contributed by atoms with Crippen molar-refractivity contribution in [3.63, 3.8) is 0 Å². The van der Waals surface area contributed by atoms with Gasteiger partial charge in [0.1, 0.15) is 0 Å². The Bertz CT molecular complexity index is 314. The maximum absolute atomic E-state index is 9.15. The van der Waals surface area contributed by atoms with Crippen LogP contribution >= 0.6 is 0 Å². The Kier molecular flexibility index (Phi) is 7.14. The Morgan fingerprint density at radius 2 is 1.95 bits per heavy atom. The molecule has 0 amide bonds. The monoisotopic (exact) mass is 266 g/mol. The van der Waals surface area contributed by atoms with E-state index in [1.54, 1.807) is 0 Å². The number of rotatable bonds is 9. The predicted octanol–water partition coefficient (Wildman–Crippen LogP) is 3.88. The first-order valence-electron chi connectivity index (χ1n) is 7.58. The summed E-state index contributed by atoms with van der Waals surface area (Å²) in [5.41, 5.74) is 0.372. The number of aliphatic hydroxyl groups excluding tert-OH is 1. The maximum Gasteiger partial charge on any atom is 0.0945 e. The summed E-state index contributed by atoms with van der Waals surface area (Å²) in [6, 6.07) is 0. The fraction of sp³-hybridized carbons (Fsp3) is 0.812. The molecule has 0 unspecified atom stereocenters. The Morgan fingerprint density at radius 1 is 1.16 bits per heavy atom. The second-order valence-corrected chi connectivity index (χ2v) is 6.79. The van der Waals surface area contributed by atoms with Gasteiger partial charge in [-0.2, -0.15) is 0 Å². The highest BCUT2D eigenvalue weighted by Crippen LogP contribution is 2.29. The fourth-order valence-electron chi connectivity index (χ4n) is 2.72. The number of nitrogens with zero attached hydrogens (tertiary/aromatic N) is 2. The minimum absolute atomic E-state index is 0.329. The summed E-state index contributed by atoms with van der Waals surface area (Å²) in [7, 11) is 0. The number of hydrogen-bond acceptors (Lipinski definition) is 2. The minimum atomic E-state index is 0.329. The molecule has 1 aromatic heterocycles. The summed E-state index contributed by atoms with van der Waals surface area (Å²) in [5.74, 6) is 0.679. The van der Waals surface area contributed by atoms with E-state index in [9.17, 15) is 0 Å². The molecule has 3 heteroatoms. The first-order chi connectivity index (χ1) is 9.01. The SMILES string of the molecule is CC(C)(C)C[C@@H](CCO)CCCCCn1ccnc1. The number of aromatic nitrogens is 2. The van der Waals surface area contributed by atoms with Gasteiger partial charge in [-0.3, -0.25) is 0 Å². The van der Waals surface area contributed by atoms with Crippen molar-refractivity contribution in [2.45, 2.75) is 65.8 Å². The topological polar surface area (TPSA) is 38.0 Å². The third-order valence-corrected chi connectivity index (χ3v) is 3.53. The zero-order chi connectivity index (χ0) is 14.1. The van der Waals surface area contributed by atoms with Gasteiger partial charge in [-0.05, 0) is 30.6 Å². The van der Waals surface area contributed by atoms with Crippen LogP contribution in [0.3, 0.4) is 0 Å². The lowest BCUT2D eigenvalue weighted by atomic mass is 9.81. The number of aryl methyl sites for hydroxylation is 1. The smallest absolute Gasteiger partial charge is 0.0945 e. The van der Waals surface area contributed by atoms with Crippen LogP contribution in [0.4, 0.5) is 0 Å². The first-order valence-corrected chi connectivity index (χ1v) is 7.58. The molecule has 0 saturated heterocycles. The molecule has 0 bridgehead atoms. The van der Waals surface area contributed by atoms with Gasteiger partial charge in [-0.25, -0.2) is 4.98 Å². The fourth-order valence-corrected chi connectivity index (χ4v) is 2.72. The molecule has 1 rings (SSSR count). The van der Waals surface area contributed by atoms with E-state index < -0.39 is 0 Å². The Hall–Kier alpha value is -0.830. The molecule has 0 aliphatic rings. The molecule has 110 valence electrons. The van der Waals surface area contributed by atoms with Crippen molar-refractivity contribution in [3.8, 4) is 0 Å². The summed E-state index contributed by atoms with van der Waals surface area (Å²) >= 11 is 0. The van der Waals surface area contributed by atoms with Crippen LogP contribution in [0, 0.1) is 11.3 Å². The molecule has 0 aliphatic carbocycles. The van der Waals surface area contributed by atoms with Crippen molar-refractivity contribution in [2.24, 2.45) is 11.3 Å². The number of unbranched alkanes of at least 4 members (excludes halogenated alkanes) is 2. The number of aliphatic hydroxyl groups is 1. The minimum Gasteiger partial charge on any atom is -0.396 e. The van der Waals surface area contributed by atoms with Crippen molar-refractivity contribution in [1.29, 1.82) is 0 Å². The van der Waals surface area contributed by atoms with E-state index in [1.807, 2.05) is 18.7 Å². The highest BCUT2D eigenvalue weighted by Gasteiger charge is 2.17. The molecule has 3 nitrogen and oxygen atoms in total. The molecule has 1 atom stereocenters. The number of hydrogen-bond donors (Lipinski definition) is 1. The van der Waals surface area contributed by atoms with Gasteiger partial charge in [-0.1, -0.05) is 40.0 Å². The molecule has 19 heavy (non-hydrogen) atoms. The van der Waals surface area contributed by atoms with Crippen LogP contribution in [0.15, 0.2) is 18.7 Å². The van der Waals surface area contributed by atoms with Crippen LogP contribution in [-0.2, 0) is 6.54 Å². The van der Waals surface area contributed by atoms with Gasteiger partial charge in [0.2, 0.25) is 0 Å². The summed E-state index contributed by atoms with van der Waals surface area (Å²) < 4.78 is 2.14. The van der Waals surface area contributed by atoms with Crippen LogP contribution < -0.4 is 0 Å². The predicted molar refractivity (Wildman–Crippen MR) is 80.0 cm³/mol. The number of imidazole rings is 1. The van der Waals surface area contributed by atoms with E-state index in [0.717, 1.165) is 13.0 Å². The van der Waals surface area contributed by atoms with E-state index in [2.05, 4.69) is 30.3 Å². The molecule has 0 spiro atoms. The van der Waals surface area contributed by atoms with E-state index in [4.69, 9.17) is 5.11 Å². The van der Waals surface area contributed by atoms with Crippen LogP contribution in [-0.4, -0.2) is 21.3 Å². The second kappa shape index (κ2) is 8.36. The van der Waals surface area contributed by atoms with Gasteiger partial charge in [0.15, 0.2) is 0 Å². The summed E-state index contributed by atoms with van der Waals surface area (Å²) in [4.78, 5) is 4.05. The van der Waals surface area contributed by atoms with Crippen molar-refractivity contribution in [3.05, 3.63) is 18.7 Å². The van der Waals surface area contributed by atoms with E-state index in [1.165, 1.54) is 32.1 Å². The van der Waals surface area contributed by atoms with Gasteiger partial charge in [-0.15, -0.1) is 0 Å². The van der Waals surface area contributed by atoms with Gasteiger partial charge in [0.25, 0.3) is 0 Å². The lowest BCUT2D eigenvalue weighted by Gasteiger charge is -2.25. The Labute approximate surface area is 118 Å². The zero-order valence-corrected chi connectivity index (χ0v) is 12.8. The van der Waals surface area contributed by atoms with Crippen LogP contribution in [0.2, 0.25) is 0 Å². The first kappa shape index (κ1) is 16.2. The lowest BCUT2D eigenvalue weighted by molar-refractivity contribution is 0.207. The third kappa shape index (κ3) is 8.04. The van der Waals surface area contributed by atoms with Crippen LogP contribution in [0.25, 0.3) is 0 Å². The van der Waals surface area contributed by atoms with Crippen molar-refractivity contribution < 1.29 is 5.11 Å². The molecule has 1 N–H and O–H groups in total. The highest BCUT2D eigenvalue weighted by molar-refractivity contribution is 4.74. The standard InChI is InChI=1S/C16H30N2O/c1-16(2,3)13-15(8-12-19)7-5-4-6-10-18-11-9-17-14-18/h9,11,14-15,19H,4-8,10,12-13H2,1-3H3/t15-/m1/s1. The molecular weight excluding hydrogens is 236 g/mol. The normalized spacial score (nSPS) is 13.7. The molecular formula is C16H30N2O.